The molecule has 0 unspecified atom stereocenters. The van der Waals surface area contributed by atoms with Gasteiger partial charge in [-0.25, -0.2) is 0 Å². The third-order valence-electron chi connectivity index (χ3n) is 2.48. The fraction of sp³-hybridized carbons (Fsp3) is 0.133. The van der Waals surface area contributed by atoms with Crippen LogP contribution in [0.15, 0.2) is 48.5 Å². The zero-order valence-corrected chi connectivity index (χ0v) is 10.1. The van der Waals surface area contributed by atoms with Crippen LogP contribution >= 0.6 is 0 Å². The van der Waals surface area contributed by atoms with E-state index in [1.807, 2.05) is 48.5 Å². The Labute approximate surface area is 106 Å². The summed E-state index contributed by atoms with van der Waals surface area (Å²) in [5.41, 5.74) is 0.982. The van der Waals surface area contributed by atoms with E-state index in [1.165, 1.54) is 0 Å². The zero-order chi connectivity index (χ0) is 12.8. The Morgan fingerprint density at radius 3 is 2.39 bits per heavy atom. The molecule has 3 heteroatoms. The summed E-state index contributed by atoms with van der Waals surface area (Å²) in [5, 5.41) is 8.59. The number of methoxy groups -OCH3 is 1. The minimum Gasteiger partial charge on any atom is -0.497 e. The van der Waals surface area contributed by atoms with Gasteiger partial charge in [0.05, 0.1) is 19.6 Å². The molecule has 2 rings (SSSR count). The monoisotopic (exact) mass is 239 g/mol. The maximum atomic E-state index is 8.59. The average molecular weight is 239 g/mol. The summed E-state index contributed by atoms with van der Waals surface area (Å²) in [5.74, 6) is 2.22. The maximum Gasteiger partial charge on any atom is 0.131 e. The van der Waals surface area contributed by atoms with Gasteiger partial charge in [-0.15, -0.1) is 0 Å². The minimum absolute atomic E-state index is 0.416. The van der Waals surface area contributed by atoms with Crippen LogP contribution in [0.4, 0.5) is 0 Å². The van der Waals surface area contributed by atoms with Gasteiger partial charge in [-0.05, 0) is 29.8 Å². The molecule has 2 aromatic rings. The van der Waals surface area contributed by atoms with Crippen molar-refractivity contribution in [2.45, 2.75) is 6.42 Å². The average Bonchev–Trinajstić information content (AvgIpc) is 2.42. The van der Waals surface area contributed by atoms with Crippen molar-refractivity contribution in [1.82, 2.24) is 0 Å². The van der Waals surface area contributed by atoms with Crippen molar-refractivity contribution >= 4 is 0 Å². The van der Waals surface area contributed by atoms with Gasteiger partial charge < -0.3 is 9.47 Å². The molecule has 0 aliphatic heterocycles. The van der Waals surface area contributed by atoms with E-state index < -0.39 is 0 Å². The van der Waals surface area contributed by atoms with Gasteiger partial charge in [0.25, 0.3) is 0 Å². The first-order valence-electron chi connectivity index (χ1n) is 5.59. The first kappa shape index (κ1) is 12.0. The molecule has 0 aliphatic carbocycles. The van der Waals surface area contributed by atoms with Gasteiger partial charge in [0.1, 0.15) is 17.2 Å². The lowest BCUT2D eigenvalue weighted by atomic mass is 10.2. The van der Waals surface area contributed by atoms with Crippen molar-refractivity contribution < 1.29 is 9.47 Å². The molecule has 90 valence electrons. The summed E-state index contributed by atoms with van der Waals surface area (Å²) in [7, 11) is 1.62. The zero-order valence-electron chi connectivity index (χ0n) is 10.1. The molecule has 0 radical (unpaired) electrons. The molecule has 0 saturated carbocycles. The Hall–Kier alpha value is -2.47. The van der Waals surface area contributed by atoms with Crippen molar-refractivity contribution in [3.63, 3.8) is 0 Å². The molecule has 0 saturated heterocycles. The number of hydrogen-bond donors (Lipinski definition) is 0. The van der Waals surface area contributed by atoms with Gasteiger partial charge in [-0.1, -0.05) is 18.2 Å². The molecule has 0 bridgehead atoms. The molecule has 18 heavy (non-hydrogen) atoms. The number of ether oxygens (including phenoxy) is 2. The number of nitrogens with zero attached hydrogens (tertiary/aromatic N) is 1. The van der Waals surface area contributed by atoms with E-state index >= 15 is 0 Å². The van der Waals surface area contributed by atoms with Gasteiger partial charge in [0, 0.05) is 6.07 Å². The predicted molar refractivity (Wildman–Crippen MR) is 68.8 cm³/mol. The Balaban J connectivity index is 2.11. The minimum atomic E-state index is 0.416. The van der Waals surface area contributed by atoms with Gasteiger partial charge in [-0.2, -0.15) is 5.26 Å². The third-order valence-corrected chi connectivity index (χ3v) is 2.48. The summed E-state index contributed by atoms with van der Waals surface area (Å²) in [6.07, 6.45) is 0.416. The van der Waals surface area contributed by atoms with Crippen LogP contribution in [-0.2, 0) is 6.42 Å². The second-order valence-corrected chi connectivity index (χ2v) is 3.76. The molecule has 0 aromatic heterocycles. The van der Waals surface area contributed by atoms with E-state index in [1.54, 1.807) is 7.11 Å². The lowest BCUT2D eigenvalue weighted by Gasteiger charge is -2.07. The molecule has 0 aliphatic rings. The number of rotatable bonds is 4. The summed E-state index contributed by atoms with van der Waals surface area (Å²) in [4.78, 5) is 0. The molecule has 0 fully saturated rings. The molecular weight excluding hydrogens is 226 g/mol. The molecule has 2 aromatic carbocycles. The maximum absolute atomic E-state index is 8.59. The molecular formula is C15H13NO2. The van der Waals surface area contributed by atoms with E-state index in [9.17, 15) is 0 Å². The smallest absolute Gasteiger partial charge is 0.131 e. The van der Waals surface area contributed by atoms with E-state index in [4.69, 9.17) is 14.7 Å². The molecule has 3 nitrogen and oxygen atoms in total. The predicted octanol–water partition coefficient (Wildman–Crippen LogP) is 3.55. The summed E-state index contributed by atoms with van der Waals surface area (Å²) < 4.78 is 10.8. The summed E-state index contributed by atoms with van der Waals surface area (Å²) in [6.45, 7) is 0. The second kappa shape index (κ2) is 5.74. The normalized spacial score (nSPS) is 9.56. The van der Waals surface area contributed by atoms with Crippen LogP contribution in [0.1, 0.15) is 5.56 Å². The van der Waals surface area contributed by atoms with Crippen LogP contribution in [0.2, 0.25) is 0 Å². The lowest BCUT2D eigenvalue weighted by Crippen LogP contribution is -1.87. The lowest BCUT2D eigenvalue weighted by molar-refractivity contribution is 0.409. The van der Waals surface area contributed by atoms with E-state index in [0.717, 1.165) is 22.8 Å². The standard InChI is InChI=1S/C15H13NO2/c1-17-14-3-2-4-15(11-14)18-13-7-5-12(6-8-13)9-10-16/h2-8,11H,9H2,1H3. The SMILES string of the molecule is COc1cccc(Oc2ccc(CC#N)cc2)c1. The number of hydrogen-bond acceptors (Lipinski definition) is 3. The Kier molecular flexibility index (Phi) is 3.83. The van der Waals surface area contributed by atoms with Gasteiger partial charge >= 0.3 is 0 Å². The van der Waals surface area contributed by atoms with Crippen LogP contribution in [0, 0.1) is 11.3 Å². The molecule has 0 spiro atoms. The van der Waals surface area contributed by atoms with Crippen molar-refractivity contribution in [1.29, 1.82) is 5.26 Å². The van der Waals surface area contributed by atoms with Crippen molar-refractivity contribution in [3.8, 4) is 23.3 Å². The van der Waals surface area contributed by atoms with Crippen molar-refractivity contribution in [2.75, 3.05) is 7.11 Å². The Morgan fingerprint density at radius 2 is 1.72 bits per heavy atom. The van der Waals surface area contributed by atoms with Gasteiger partial charge in [0.2, 0.25) is 0 Å². The van der Waals surface area contributed by atoms with Gasteiger partial charge in [-0.3, -0.25) is 0 Å². The summed E-state index contributed by atoms with van der Waals surface area (Å²) >= 11 is 0. The van der Waals surface area contributed by atoms with Crippen molar-refractivity contribution in [3.05, 3.63) is 54.1 Å². The topological polar surface area (TPSA) is 42.2 Å². The highest BCUT2D eigenvalue weighted by atomic mass is 16.5. The first-order valence-corrected chi connectivity index (χ1v) is 5.59. The quantitative estimate of drug-likeness (QED) is 0.819. The van der Waals surface area contributed by atoms with E-state index in [2.05, 4.69) is 6.07 Å². The van der Waals surface area contributed by atoms with Crippen LogP contribution in [0.3, 0.4) is 0 Å². The van der Waals surface area contributed by atoms with Gasteiger partial charge in [0.15, 0.2) is 0 Å². The molecule has 0 heterocycles. The fourth-order valence-electron chi connectivity index (χ4n) is 1.57. The first-order chi connectivity index (χ1) is 8.81. The van der Waals surface area contributed by atoms with Crippen LogP contribution < -0.4 is 9.47 Å². The fourth-order valence-corrected chi connectivity index (χ4v) is 1.57. The molecule has 0 atom stereocenters. The summed E-state index contributed by atoms with van der Waals surface area (Å²) in [6, 6.07) is 17.0. The highest BCUT2D eigenvalue weighted by Gasteiger charge is 1.99. The largest absolute Gasteiger partial charge is 0.497 e. The second-order valence-electron chi connectivity index (χ2n) is 3.76. The van der Waals surface area contributed by atoms with E-state index in [0.29, 0.717) is 6.42 Å². The third kappa shape index (κ3) is 3.02. The highest BCUT2D eigenvalue weighted by Crippen LogP contribution is 2.25. The highest BCUT2D eigenvalue weighted by molar-refractivity contribution is 5.37. The molecule has 0 N–H and O–H groups in total. The van der Waals surface area contributed by atoms with Crippen molar-refractivity contribution in [2.24, 2.45) is 0 Å². The number of benzene rings is 2. The molecule has 0 amide bonds. The Bertz CT molecular complexity index is 555. The Morgan fingerprint density at radius 1 is 1.00 bits per heavy atom. The number of nitriles is 1. The van der Waals surface area contributed by atoms with Crippen LogP contribution in [0.25, 0.3) is 0 Å². The van der Waals surface area contributed by atoms with Crippen LogP contribution in [0.5, 0.6) is 17.2 Å². The van der Waals surface area contributed by atoms with E-state index in [-0.39, 0.29) is 0 Å². The van der Waals surface area contributed by atoms with Crippen LogP contribution in [-0.4, -0.2) is 7.11 Å².